The molecule has 0 aliphatic carbocycles. The van der Waals surface area contributed by atoms with Crippen LogP contribution in [0.15, 0.2) is 72.8 Å². The lowest BCUT2D eigenvalue weighted by Crippen LogP contribution is -2.32. The lowest BCUT2D eigenvalue weighted by atomic mass is 10.1. The van der Waals surface area contributed by atoms with Gasteiger partial charge in [-0.25, -0.2) is 14.4 Å². The Hall–Kier alpha value is -4.99. The van der Waals surface area contributed by atoms with Gasteiger partial charge in [0, 0.05) is 12.6 Å². The Morgan fingerprint density at radius 3 is 1.98 bits per heavy atom. The van der Waals surface area contributed by atoms with Crippen LogP contribution in [0.2, 0.25) is 0 Å². The van der Waals surface area contributed by atoms with Crippen LogP contribution in [0.5, 0.6) is 11.5 Å². The fraction of sp³-hybridized carbons (Fsp3) is 0.233. The van der Waals surface area contributed by atoms with E-state index in [4.69, 9.17) is 14.2 Å². The number of Topliss-reactive ketones (excluding diaryl/α,β-unsaturated/α-hetero) is 1. The van der Waals surface area contributed by atoms with Gasteiger partial charge in [-0.3, -0.25) is 9.59 Å². The van der Waals surface area contributed by atoms with Crippen molar-refractivity contribution < 1.29 is 42.9 Å². The minimum atomic E-state index is -0.748. The average Bonchev–Trinajstić information content (AvgIpc) is 2.96. The third-order valence-electron chi connectivity index (χ3n) is 5.58. The molecule has 0 unspecified atom stereocenters. The van der Waals surface area contributed by atoms with E-state index < -0.39 is 29.9 Å². The SMILES string of the molecule is COC(=O)c1ccc(C(=O)Oc2ccc(COC(=O)N(C)CC(=O)c3ccccc3)cc2OC(=O)C(C)C)cc1. The van der Waals surface area contributed by atoms with Crippen LogP contribution >= 0.6 is 0 Å². The maximum absolute atomic E-state index is 12.7. The quantitative estimate of drug-likeness (QED) is 0.202. The second kappa shape index (κ2) is 13.7. The molecule has 10 heteroatoms. The molecule has 0 aliphatic heterocycles. The van der Waals surface area contributed by atoms with Crippen LogP contribution in [0.25, 0.3) is 0 Å². The summed E-state index contributed by atoms with van der Waals surface area (Å²) in [5.74, 6) is -2.64. The fourth-order valence-corrected chi connectivity index (χ4v) is 3.30. The van der Waals surface area contributed by atoms with Gasteiger partial charge in [-0.15, -0.1) is 0 Å². The van der Waals surface area contributed by atoms with Gasteiger partial charge >= 0.3 is 24.0 Å². The minimum absolute atomic E-state index is 0.0308. The number of likely N-dealkylation sites (N-methyl/N-ethyl adjacent to an activating group) is 1. The molecule has 0 atom stereocenters. The highest BCUT2D eigenvalue weighted by Crippen LogP contribution is 2.30. The molecule has 208 valence electrons. The number of ether oxygens (including phenoxy) is 4. The molecule has 1 amide bonds. The smallest absolute Gasteiger partial charge is 0.410 e. The number of hydrogen-bond acceptors (Lipinski definition) is 9. The van der Waals surface area contributed by atoms with Crippen molar-refractivity contribution in [2.24, 2.45) is 5.92 Å². The number of carbonyl (C=O) groups excluding carboxylic acids is 5. The second-order valence-electron chi connectivity index (χ2n) is 9.02. The maximum atomic E-state index is 12.7. The molecular weight excluding hydrogens is 518 g/mol. The Morgan fingerprint density at radius 2 is 1.38 bits per heavy atom. The van der Waals surface area contributed by atoms with Crippen LogP contribution < -0.4 is 9.47 Å². The number of rotatable bonds is 10. The molecule has 3 aromatic carbocycles. The van der Waals surface area contributed by atoms with Gasteiger partial charge in [0.1, 0.15) is 6.61 Å². The van der Waals surface area contributed by atoms with Crippen molar-refractivity contribution in [3.05, 3.63) is 95.1 Å². The van der Waals surface area contributed by atoms with Crippen LogP contribution in [0.4, 0.5) is 4.79 Å². The number of benzene rings is 3. The molecule has 0 saturated carbocycles. The second-order valence-corrected chi connectivity index (χ2v) is 9.02. The average molecular weight is 548 g/mol. The first-order valence-corrected chi connectivity index (χ1v) is 12.3. The molecule has 0 radical (unpaired) electrons. The Bertz CT molecular complexity index is 1380. The van der Waals surface area contributed by atoms with Crippen LogP contribution in [-0.2, 0) is 20.9 Å². The van der Waals surface area contributed by atoms with Gasteiger partial charge < -0.3 is 23.8 Å². The van der Waals surface area contributed by atoms with Gasteiger partial charge in [0.15, 0.2) is 17.3 Å². The first-order valence-electron chi connectivity index (χ1n) is 12.3. The van der Waals surface area contributed by atoms with Gasteiger partial charge in [0.05, 0.1) is 30.7 Å². The highest BCUT2D eigenvalue weighted by atomic mass is 16.6. The van der Waals surface area contributed by atoms with Crippen molar-refractivity contribution in [1.29, 1.82) is 0 Å². The van der Waals surface area contributed by atoms with Crippen LogP contribution in [0, 0.1) is 5.92 Å². The summed E-state index contributed by atoms with van der Waals surface area (Å²) in [6.07, 6.45) is -0.726. The van der Waals surface area contributed by atoms with E-state index in [0.29, 0.717) is 11.1 Å². The summed E-state index contributed by atoms with van der Waals surface area (Å²) in [5, 5.41) is 0. The zero-order valence-electron chi connectivity index (χ0n) is 22.5. The van der Waals surface area contributed by atoms with Gasteiger partial charge in [-0.2, -0.15) is 0 Å². The van der Waals surface area contributed by atoms with E-state index in [9.17, 15) is 24.0 Å². The summed E-state index contributed by atoms with van der Waals surface area (Å²) in [6, 6.07) is 18.6. The third-order valence-corrected chi connectivity index (χ3v) is 5.58. The molecule has 0 heterocycles. The van der Waals surface area contributed by atoms with Crippen molar-refractivity contribution in [1.82, 2.24) is 4.90 Å². The lowest BCUT2D eigenvalue weighted by molar-refractivity contribution is -0.137. The zero-order chi connectivity index (χ0) is 29.2. The van der Waals surface area contributed by atoms with E-state index in [0.717, 1.165) is 4.90 Å². The molecule has 0 bridgehead atoms. The highest BCUT2D eigenvalue weighted by molar-refractivity contribution is 5.98. The van der Waals surface area contributed by atoms with Crippen molar-refractivity contribution in [3.8, 4) is 11.5 Å². The summed E-state index contributed by atoms with van der Waals surface area (Å²) < 4.78 is 20.8. The molecule has 0 aliphatic rings. The molecule has 3 rings (SSSR count). The number of nitrogens with zero attached hydrogens (tertiary/aromatic N) is 1. The number of hydrogen-bond donors (Lipinski definition) is 0. The minimum Gasteiger partial charge on any atom is -0.465 e. The first kappa shape index (κ1) is 29.6. The standard InChI is InChI=1S/C30H29NO9/c1-19(2)27(33)40-26-16-20(18-38-30(36)31(3)17-24(32)21-8-6-5-7-9-21)10-15-25(26)39-29(35)23-13-11-22(12-14-23)28(34)37-4/h5-16,19H,17-18H2,1-4H3. The Labute approximate surface area is 231 Å². The predicted octanol–water partition coefficient (Wildman–Crippen LogP) is 4.71. The van der Waals surface area contributed by atoms with Crippen molar-refractivity contribution in [2.75, 3.05) is 20.7 Å². The summed E-state index contributed by atoms with van der Waals surface area (Å²) in [6.45, 7) is 2.93. The fourth-order valence-electron chi connectivity index (χ4n) is 3.30. The number of esters is 3. The summed E-state index contributed by atoms with van der Waals surface area (Å²) in [5.41, 5.74) is 1.34. The molecule has 40 heavy (non-hydrogen) atoms. The van der Waals surface area contributed by atoms with Crippen molar-refractivity contribution in [3.63, 3.8) is 0 Å². The lowest BCUT2D eigenvalue weighted by Gasteiger charge is -2.17. The molecule has 0 spiro atoms. The van der Waals surface area contributed by atoms with E-state index in [1.54, 1.807) is 44.2 Å². The van der Waals surface area contributed by atoms with Crippen molar-refractivity contribution >= 4 is 29.8 Å². The largest absolute Gasteiger partial charge is 0.465 e. The first-order chi connectivity index (χ1) is 19.1. The number of amides is 1. The molecule has 0 fully saturated rings. The van der Waals surface area contributed by atoms with Crippen LogP contribution in [0.1, 0.15) is 50.5 Å². The van der Waals surface area contributed by atoms with E-state index in [1.165, 1.54) is 56.6 Å². The zero-order valence-corrected chi connectivity index (χ0v) is 22.5. The predicted molar refractivity (Wildman–Crippen MR) is 143 cm³/mol. The van der Waals surface area contributed by atoms with Gasteiger partial charge in [0.25, 0.3) is 0 Å². The third kappa shape index (κ3) is 8.00. The van der Waals surface area contributed by atoms with E-state index >= 15 is 0 Å². The molecule has 0 N–H and O–H groups in total. The van der Waals surface area contributed by atoms with Crippen molar-refractivity contribution in [2.45, 2.75) is 20.5 Å². The summed E-state index contributed by atoms with van der Waals surface area (Å²) in [7, 11) is 2.69. The molecule has 3 aromatic rings. The number of methoxy groups -OCH3 is 1. The number of carbonyl (C=O) groups is 5. The Balaban J connectivity index is 1.70. The number of ketones is 1. The monoisotopic (exact) mass is 547 g/mol. The molecule has 0 aromatic heterocycles. The van der Waals surface area contributed by atoms with E-state index in [1.807, 2.05) is 0 Å². The highest BCUT2D eigenvalue weighted by Gasteiger charge is 2.20. The van der Waals surface area contributed by atoms with Crippen LogP contribution in [-0.4, -0.2) is 55.4 Å². The van der Waals surface area contributed by atoms with Gasteiger partial charge in [0.2, 0.25) is 0 Å². The molecule has 0 saturated heterocycles. The normalized spacial score (nSPS) is 10.4. The van der Waals surface area contributed by atoms with Gasteiger partial charge in [-0.1, -0.05) is 50.2 Å². The van der Waals surface area contributed by atoms with E-state index in [-0.39, 0.29) is 41.6 Å². The Kier molecular flexibility index (Phi) is 10.1. The summed E-state index contributed by atoms with van der Waals surface area (Å²) >= 11 is 0. The Morgan fingerprint density at radius 1 is 0.750 bits per heavy atom. The van der Waals surface area contributed by atoms with E-state index in [2.05, 4.69) is 4.74 Å². The molecular formula is C30H29NO9. The maximum Gasteiger partial charge on any atom is 0.410 e. The topological polar surface area (TPSA) is 126 Å². The summed E-state index contributed by atoms with van der Waals surface area (Å²) in [4.78, 5) is 62.6. The van der Waals surface area contributed by atoms with Crippen LogP contribution in [0.3, 0.4) is 0 Å². The molecule has 10 nitrogen and oxygen atoms in total. The van der Waals surface area contributed by atoms with Gasteiger partial charge in [-0.05, 0) is 42.0 Å².